The smallest absolute Gasteiger partial charge is 0.335 e. The van der Waals surface area contributed by atoms with Gasteiger partial charge in [0.15, 0.2) is 0 Å². The van der Waals surface area contributed by atoms with E-state index in [1.54, 1.807) is 6.07 Å². The summed E-state index contributed by atoms with van der Waals surface area (Å²) in [6, 6.07) is 9.47. The van der Waals surface area contributed by atoms with Gasteiger partial charge in [-0.05, 0) is 36.4 Å². The molecule has 0 spiro atoms. The molecule has 4 N–H and O–H groups in total. The molecule has 0 aliphatic heterocycles. The molecule has 21 heavy (non-hydrogen) atoms. The Hall–Kier alpha value is -2.25. The second-order valence-electron chi connectivity index (χ2n) is 4.17. The van der Waals surface area contributed by atoms with Crippen molar-refractivity contribution in [2.75, 3.05) is 10.5 Å². The van der Waals surface area contributed by atoms with Crippen molar-refractivity contribution >= 4 is 39.0 Å². The third-order valence-corrected chi connectivity index (χ3v) is 4.25. The maximum atomic E-state index is 12.2. The average molecular weight is 327 g/mol. The van der Waals surface area contributed by atoms with Crippen molar-refractivity contribution in [2.24, 2.45) is 0 Å². The number of benzene rings is 2. The Morgan fingerprint density at radius 3 is 2.48 bits per heavy atom. The lowest BCUT2D eigenvalue weighted by Gasteiger charge is -2.11. The van der Waals surface area contributed by atoms with E-state index in [-0.39, 0.29) is 26.9 Å². The molecule has 0 fully saturated rings. The van der Waals surface area contributed by atoms with Crippen LogP contribution in [-0.2, 0) is 10.0 Å². The molecule has 0 saturated heterocycles. The Morgan fingerprint density at radius 1 is 1.19 bits per heavy atom. The van der Waals surface area contributed by atoms with Crippen LogP contribution >= 0.6 is 11.6 Å². The van der Waals surface area contributed by atoms with Crippen LogP contribution in [0, 0.1) is 0 Å². The van der Waals surface area contributed by atoms with E-state index in [4.69, 9.17) is 22.4 Å². The number of nitrogen functional groups attached to an aromatic ring is 1. The van der Waals surface area contributed by atoms with Crippen molar-refractivity contribution in [3.8, 4) is 0 Å². The van der Waals surface area contributed by atoms with Gasteiger partial charge in [-0.25, -0.2) is 13.2 Å². The number of carboxylic acid groups (broad SMARTS) is 1. The Balaban J connectivity index is 2.35. The van der Waals surface area contributed by atoms with E-state index < -0.39 is 16.0 Å². The predicted octanol–water partition coefficient (Wildman–Crippen LogP) is 2.42. The van der Waals surface area contributed by atoms with Crippen LogP contribution in [0.2, 0.25) is 5.02 Å². The molecule has 0 aliphatic carbocycles. The second-order valence-corrected chi connectivity index (χ2v) is 6.29. The maximum absolute atomic E-state index is 12.2. The number of aromatic carboxylic acids is 1. The van der Waals surface area contributed by atoms with Crippen LogP contribution in [0.5, 0.6) is 0 Å². The van der Waals surface area contributed by atoms with E-state index in [1.165, 1.54) is 36.4 Å². The van der Waals surface area contributed by atoms with Crippen LogP contribution in [0.25, 0.3) is 0 Å². The molecule has 0 saturated carbocycles. The summed E-state index contributed by atoms with van der Waals surface area (Å²) >= 11 is 5.76. The quantitative estimate of drug-likeness (QED) is 0.747. The molecule has 0 aliphatic rings. The summed E-state index contributed by atoms with van der Waals surface area (Å²) < 4.78 is 26.7. The molecule has 6 nitrogen and oxygen atoms in total. The van der Waals surface area contributed by atoms with E-state index in [9.17, 15) is 13.2 Å². The summed E-state index contributed by atoms with van der Waals surface area (Å²) in [4.78, 5) is 10.8. The van der Waals surface area contributed by atoms with Crippen molar-refractivity contribution in [1.29, 1.82) is 0 Å². The molecule has 0 radical (unpaired) electrons. The van der Waals surface area contributed by atoms with E-state index in [0.717, 1.165) is 0 Å². The van der Waals surface area contributed by atoms with Crippen molar-refractivity contribution in [3.05, 3.63) is 53.1 Å². The van der Waals surface area contributed by atoms with E-state index >= 15 is 0 Å². The summed E-state index contributed by atoms with van der Waals surface area (Å²) in [5, 5.41) is 9.12. The Kier molecular flexibility index (Phi) is 4.06. The molecule has 2 aromatic rings. The summed E-state index contributed by atoms with van der Waals surface area (Å²) in [5.74, 6) is -1.15. The maximum Gasteiger partial charge on any atom is 0.335 e. The van der Waals surface area contributed by atoms with Crippen molar-refractivity contribution in [2.45, 2.75) is 4.90 Å². The van der Waals surface area contributed by atoms with Gasteiger partial charge in [-0.2, -0.15) is 0 Å². The lowest BCUT2D eigenvalue weighted by molar-refractivity contribution is 0.0697. The lowest BCUT2D eigenvalue weighted by atomic mass is 10.2. The van der Waals surface area contributed by atoms with Gasteiger partial charge in [0, 0.05) is 5.02 Å². The Labute approximate surface area is 126 Å². The molecule has 110 valence electrons. The summed E-state index contributed by atoms with van der Waals surface area (Å²) in [6.45, 7) is 0. The highest BCUT2D eigenvalue weighted by atomic mass is 35.5. The third kappa shape index (κ3) is 3.45. The number of nitrogens with one attached hydrogen (secondary N) is 1. The minimum Gasteiger partial charge on any atom is -0.478 e. The summed E-state index contributed by atoms with van der Waals surface area (Å²) in [5.41, 5.74) is 5.74. The highest BCUT2D eigenvalue weighted by Crippen LogP contribution is 2.24. The van der Waals surface area contributed by atoms with Crippen LogP contribution in [0.1, 0.15) is 10.4 Å². The van der Waals surface area contributed by atoms with Gasteiger partial charge in [-0.3, -0.25) is 4.72 Å². The standard InChI is InChI=1S/C13H11ClN2O4S/c14-9-2-1-3-10(7-9)21(19,20)16-12-5-4-8(13(17)18)6-11(12)15/h1-7,16H,15H2,(H,17,18). The fraction of sp³-hybridized carbons (Fsp3) is 0. The highest BCUT2D eigenvalue weighted by molar-refractivity contribution is 7.92. The zero-order chi connectivity index (χ0) is 15.6. The van der Waals surface area contributed by atoms with Crippen LogP contribution < -0.4 is 10.5 Å². The Bertz CT molecular complexity index is 806. The molecule has 0 bridgehead atoms. The van der Waals surface area contributed by atoms with Crippen molar-refractivity contribution in [3.63, 3.8) is 0 Å². The average Bonchev–Trinajstić information content (AvgIpc) is 2.40. The molecule has 0 aromatic heterocycles. The normalized spacial score (nSPS) is 11.1. The van der Waals surface area contributed by atoms with Gasteiger partial charge in [0.2, 0.25) is 0 Å². The first kappa shape index (κ1) is 15.1. The van der Waals surface area contributed by atoms with Gasteiger partial charge >= 0.3 is 5.97 Å². The first-order valence-corrected chi connectivity index (χ1v) is 7.57. The molecule has 0 amide bonds. The zero-order valence-corrected chi connectivity index (χ0v) is 12.1. The van der Waals surface area contributed by atoms with E-state index in [1.807, 2.05) is 0 Å². The lowest BCUT2D eigenvalue weighted by Crippen LogP contribution is -2.14. The number of hydrogen-bond acceptors (Lipinski definition) is 4. The fourth-order valence-corrected chi connectivity index (χ4v) is 3.01. The molecule has 0 heterocycles. The number of nitrogens with two attached hydrogens (primary N) is 1. The molecule has 2 aromatic carbocycles. The molecular weight excluding hydrogens is 316 g/mol. The van der Waals surface area contributed by atoms with Crippen LogP contribution in [0.15, 0.2) is 47.4 Å². The largest absolute Gasteiger partial charge is 0.478 e. The van der Waals surface area contributed by atoms with Crippen molar-refractivity contribution < 1.29 is 18.3 Å². The minimum atomic E-state index is -3.85. The molecular formula is C13H11ClN2O4S. The van der Waals surface area contributed by atoms with Gasteiger partial charge in [0.05, 0.1) is 21.8 Å². The van der Waals surface area contributed by atoms with Crippen molar-refractivity contribution in [1.82, 2.24) is 0 Å². The Morgan fingerprint density at radius 2 is 1.90 bits per heavy atom. The summed E-state index contributed by atoms with van der Waals surface area (Å²) in [7, 11) is -3.85. The molecule has 0 atom stereocenters. The number of carboxylic acids is 1. The van der Waals surface area contributed by atoms with Gasteiger partial charge in [0.25, 0.3) is 10.0 Å². The first-order valence-electron chi connectivity index (χ1n) is 5.71. The van der Waals surface area contributed by atoms with Crippen LogP contribution in [0.4, 0.5) is 11.4 Å². The minimum absolute atomic E-state index is 0.0144. The van der Waals surface area contributed by atoms with Gasteiger partial charge in [-0.15, -0.1) is 0 Å². The highest BCUT2D eigenvalue weighted by Gasteiger charge is 2.16. The van der Waals surface area contributed by atoms with E-state index in [2.05, 4.69) is 4.72 Å². The number of halogens is 1. The topological polar surface area (TPSA) is 109 Å². The molecule has 2 rings (SSSR count). The number of anilines is 2. The predicted molar refractivity (Wildman–Crippen MR) is 80.1 cm³/mol. The molecule has 8 heteroatoms. The number of rotatable bonds is 4. The molecule has 0 unspecified atom stereocenters. The fourth-order valence-electron chi connectivity index (χ4n) is 1.63. The van der Waals surface area contributed by atoms with E-state index in [0.29, 0.717) is 0 Å². The SMILES string of the molecule is Nc1cc(C(=O)O)ccc1NS(=O)(=O)c1cccc(Cl)c1. The third-order valence-electron chi connectivity index (χ3n) is 2.65. The van der Waals surface area contributed by atoms with Gasteiger partial charge in [-0.1, -0.05) is 17.7 Å². The number of carbonyl (C=O) groups is 1. The van der Waals surface area contributed by atoms with Gasteiger partial charge < -0.3 is 10.8 Å². The summed E-state index contributed by atoms with van der Waals surface area (Å²) in [6.07, 6.45) is 0. The van der Waals surface area contributed by atoms with Gasteiger partial charge in [0.1, 0.15) is 0 Å². The number of sulfonamides is 1. The second kappa shape index (κ2) is 5.63. The zero-order valence-electron chi connectivity index (χ0n) is 10.6. The van der Waals surface area contributed by atoms with Crippen LogP contribution in [-0.4, -0.2) is 19.5 Å². The monoisotopic (exact) mass is 326 g/mol. The number of hydrogen-bond donors (Lipinski definition) is 3. The van der Waals surface area contributed by atoms with Crippen LogP contribution in [0.3, 0.4) is 0 Å². The first-order chi connectivity index (χ1) is 9.79.